The van der Waals surface area contributed by atoms with Crippen molar-refractivity contribution in [2.24, 2.45) is 0 Å². The van der Waals surface area contributed by atoms with Gasteiger partial charge in [0.1, 0.15) is 17.3 Å². The van der Waals surface area contributed by atoms with Crippen LogP contribution in [0, 0.1) is 11.6 Å². The molecule has 1 N–H and O–H groups in total. The van der Waals surface area contributed by atoms with Gasteiger partial charge in [0, 0.05) is 12.0 Å². The fourth-order valence-corrected chi connectivity index (χ4v) is 2.51. The summed E-state index contributed by atoms with van der Waals surface area (Å²) in [6.07, 6.45) is 2.52. The summed E-state index contributed by atoms with van der Waals surface area (Å²) in [4.78, 5) is 0. The van der Waals surface area contributed by atoms with Crippen molar-refractivity contribution in [3.63, 3.8) is 0 Å². The van der Waals surface area contributed by atoms with E-state index in [9.17, 15) is 13.9 Å². The van der Waals surface area contributed by atoms with E-state index in [1.54, 1.807) is 0 Å². The van der Waals surface area contributed by atoms with E-state index in [2.05, 4.69) is 16.9 Å². The Morgan fingerprint density at radius 3 is 2.39 bits per heavy atom. The van der Waals surface area contributed by atoms with Crippen LogP contribution < -0.4 is 0 Å². The van der Waals surface area contributed by atoms with Gasteiger partial charge in [0.05, 0.1) is 12.7 Å². The summed E-state index contributed by atoms with van der Waals surface area (Å²) >= 11 is 17.4. The van der Waals surface area contributed by atoms with Crippen LogP contribution in [0.1, 0.15) is 17.7 Å². The second-order valence-corrected chi connectivity index (χ2v) is 7.13. The lowest BCUT2D eigenvalue weighted by molar-refractivity contribution is 0.0391. The predicted molar refractivity (Wildman–Crippen MR) is 84.5 cm³/mol. The van der Waals surface area contributed by atoms with Gasteiger partial charge < -0.3 is 5.11 Å². The second-order valence-electron chi connectivity index (χ2n) is 4.85. The molecule has 0 spiro atoms. The van der Waals surface area contributed by atoms with Gasteiger partial charge in [0.25, 0.3) is 0 Å². The molecule has 0 aliphatic heterocycles. The van der Waals surface area contributed by atoms with Crippen molar-refractivity contribution >= 4 is 34.8 Å². The molecule has 2 rings (SSSR count). The average molecular weight is 383 g/mol. The fraction of sp³-hybridized carbons (Fsp3) is 0.286. The number of aliphatic hydroxyl groups is 1. The molecule has 1 unspecified atom stereocenters. The Hall–Kier alpha value is -1.21. The summed E-state index contributed by atoms with van der Waals surface area (Å²) in [5, 5.41) is 18.0. The number of hydrogen-bond donors (Lipinski definition) is 1. The average Bonchev–Trinajstić information content (AvgIpc) is 2.91. The number of aromatic nitrogens is 3. The topological polar surface area (TPSA) is 50.9 Å². The number of hydrogen-bond acceptors (Lipinski definition) is 3. The van der Waals surface area contributed by atoms with Crippen LogP contribution in [0.2, 0.25) is 0 Å². The van der Waals surface area contributed by atoms with Gasteiger partial charge in [0.15, 0.2) is 5.60 Å². The normalized spacial score (nSPS) is 14.5. The van der Waals surface area contributed by atoms with Gasteiger partial charge in [-0.2, -0.15) is 0 Å². The molecule has 0 fully saturated rings. The molecule has 23 heavy (non-hydrogen) atoms. The first-order valence-corrected chi connectivity index (χ1v) is 7.56. The number of nitrogens with zero attached hydrogens (tertiary/aromatic N) is 3. The van der Waals surface area contributed by atoms with Crippen molar-refractivity contribution in [1.82, 2.24) is 15.0 Å². The molecule has 1 aromatic heterocycles. The molecule has 1 aromatic carbocycles. The molecular formula is C14H12Cl3F2N3O. The largest absolute Gasteiger partial charge is 0.379 e. The zero-order valence-electron chi connectivity index (χ0n) is 11.7. The highest BCUT2D eigenvalue weighted by Gasteiger charge is 2.49. The third-order valence-electron chi connectivity index (χ3n) is 3.25. The molecule has 1 heterocycles. The van der Waals surface area contributed by atoms with Crippen LogP contribution >= 0.6 is 34.8 Å². The molecule has 0 amide bonds. The van der Waals surface area contributed by atoms with E-state index in [0.717, 1.165) is 16.8 Å². The number of rotatable bonds is 5. The third-order valence-corrected chi connectivity index (χ3v) is 4.19. The van der Waals surface area contributed by atoms with Crippen molar-refractivity contribution in [2.45, 2.75) is 22.4 Å². The lowest BCUT2D eigenvalue weighted by Crippen LogP contribution is -2.40. The zero-order valence-corrected chi connectivity index (χ0v) is 14.0. The highest BCUT2D eigenvalue weighted by Crippen LogP contribution is 2.46. The van der Waals surface area contributed by atoms with Gasteiger partial charge in [-0.05, 0) is 12.1 Å². The van der Waals surface area contributed by atoms with Gasteiger partial charge in [-0.15, -0.1) is 11.7 Å². The number of benzene rings is 1. The molecule has 0 bridgehead atoms. The molecule has 2 aromatic rings. The van der Waals surface area contributed by atoms with E-state index in [1.807, 2.05) is 0 Å². The Labute approximate surface area is 146 Å². The molecule has 1 atom stereocenters. The van der Waals surface area contributed by atoms with Crippen LogP contribution in [0.25, 0.3) is 0 Å². The summed E-state index contributed by atoms with van der Waals surface area (Å²) in [5.41, 5.74) is -2.20. The van der Waals surface area contributed by atoms with Crippen molar-refractivity contribution in [1.29, 1.82) is 0 Å². The van der Waals surface area contributed by atoms with Crippen LogP contribution in [-0.4, -0.2) is 23.9 Å². The maximum atomic E-state index is 13.7. The minimum Gasteiger partial charge on any atom is -0.379 e. The first-order valence-electron chi connectivity index (χ1n) is 6.42. The van der Waals surface area contributed by atoms with E-state index in [0.29, 0.717) is 0 Å². The van der Waals surface area contributed by atoms with Gasteiger partial charge >= 0.3 is 0 Å². The summed E-state index contributed by atoms with van der Waals surface area (Å²) in [6.45, 7) is 3.27. The zero-order chi connectivity index (χ0) is 17.3. The van der Waals surface area contributed by atoms with Crippen LogP contribution in [0.4, 0.5) is 8.78 Å². The molecule has 124 valence electrons. The molecule has 0 aliphatic carbocycles. The molecular weight excluding hydrogens is 371 g/mol. The first kappa shape index (κ1) is 18.1. The lowest BCUT2D eigenvalue weighted by Gasteiger charge is -2.31. The highest BCUT2D eigenvalue weighted by molar-refractivity contribution is 6.68. The van der Waals surface area contributed by atoms with Gasteiger partial charge in [0.2, 0.25) is 3.79 Å². The number of alkyl halides is 3. The van der Waals surface area contributed by atoms with Crippen LogP contribution in [0.15, 0.2) is 37.1 Å². The van der Waals surface area contributed by atoms with Crippen molar-refractivity contribution in [3.05, 3.63) is 59.9 Å². The molecule has 9 heteroatoms. The maximum absolute atomic E-state index is 13.7. The first-order chi connectivity index (χ1) is 10.7. The van der Waals surface area contributed by atoms with Gasteiger partial charge in [-0.25, -0.2) is 13.5 Å². The van der Waals surface area contributed by atoms with E-state index < -0.39 is 21.0 Å². The van der Waals surface area contributed by atoms with Crippen LogP contribution in [0.5, 0.6) is 0 Å². The number of halogens is 5. The highest BCUT2D eigenvalue weighted by atomic mass is 35.6. The summed E-state index contributed by atoms with van der Waals surface area (Å²) in [7, 11) is 0. The van der Waals surface area contributed by atoms with E-state index in [4.69, 9.17) is 34.8 Å². The van der Waals surface area contributed by atoms with Crippen LogP contribution in [-0.2, 0) is 12.1 Å². The van der Waals surface area contributed by atoms with E-state index in [1.165, 1.54) is 18.3 Å². The molecule has 0 saturated carbocycles. The Morgan fingerprint density at radius 1 is 1.26 bits per heavy atom. The van der Waals surface area contributed by atoms with Crippen molar-refractivity contribution in [2.75, 3.05) is 0 Å². The predicted octanol–water partition coefficient (Wildman–Crippen LogP) is 3.74. The van der Waals surface area contributed by atoms with E-state index >= 15 is 0 Å². The maximum Gasteiger partial charge on any atom is 0.224 e. The molecule has 0 radical (unpaired) electrons. The Morgan fingerprint density at radius 2 is 1.87 bits per heavy atom. The molecule has 4 nitrogen and oxygen atoms in total. The minimum atomic E-state index is -2.09. The quantitative estimate of drug-likeness (QED) is 0.633. The van der Waals surface area contributed by atoms with Crippen molar-refractivity contribution in [3.8, 4) is 0 Å². The van der Waals surface area contributed by atoms with Crippen LogP contribution in [0.3, 0.4) is 0 Å². The Kier molecular flexibility index (Phi) is 5.30. The van der Waals surface area contributed by atoms with Gasteiger partial charge in [-0.1, -0.05) is 52.2 Å². The monoisotopic (exact) mass is 381 g/mol. The Balaban J connectivity index is 2.35. The van der Waals surface area contributed by atoms with E-state index in [-0.39, 0.29) is 24.2 Å². The Bertz CT molecular complexity index is 697. The third kappa shape index (κ3) is 3.66. The van der Waals surface area contributed by atoms with Gasteiger partial charge in [-0.3, -0.25) is 0 Å². The lowest BCUT2D eigenvalue weighted by atomic mass is 9.98. The fourth-order valence-electron chi connectivity index (χ4n) is 1.98. The summed E-state index contributed by atoms with van der Waals surface area (Å²) in [5.74, 6) is -1.44. The minimum absolute atomic E-state index is 0.0471. The molecule has 0 aliphatic rings. The smallest absolute Gasteiger partial charge is 0.224 e. The SMILES string of the molecule is C=CCC(O)(c1cn(Cc2c(F)cccc2F)nn1)C(Cl)(Cl)Cl. The second kappa shape index (κ2) is 6.73. The summed E-state index contributed by atoms with van der Waals surface area (Å²) in [6, 6.07) is 3.52. The van der Waals surface area contributed by atoms with Crippen molar-refractivity contribution < 1.29 is 13.9 Å². The standard InChI is InChI=1S/C14H12Cl3F2N3O/c1-2-6-13(23,14(15,16)17)12-8-22(21-20-12)7-9-10(18)4-3-5-11(9)19/h2-5,8,23H,1,6-7H2. The molecule has 0 saturated heterocycles. The summed E-state index contributed by atoms with van der Waals surface area (Å²) < 4.78 is 26.4.